The molecule has 6 nitrogen and oxygen atoms in total. The van der Waals surface area contributed by atoms with Crippen molar-refractivity contribution in [3.05, 3.63) is 47.5 Å². The zero-order valence-electron chi connectivity index (χ0n) is 14.2. The van der Waals surface area contributed by atoms with Gasteiger partial charge in [-0.1, -0.05) is 13.3 Å². The average molecular weight is 327 g/mol. The minimum atomic E-state index is 0.0109. The Hall–Kier alpha value is -2.21. The minimum Gasteiger partial charge on any atom is -0.350 e. The Bertz CT molecular complexity index is 667. The summed E-state index contributed by atoms with van der Waals surface area (Å²) in [5.41, 5.74) is 3.15. The molecule has 1 aliphatic heterocycles. The molecule has 6 heteroatoms. The lowest BCUT2D eigenvalue weighted by Gasteiger charge is -2.27. The van der Waals surface area contributed by atoms with Crippen molar-refractivity contribution >= 4 is 5.91 Å². The van der Waals surface area contributed by atoms with Gasteiger partial charge < -0.3 is 5.32 Å². The van der Waals surface area contributed by atoms with Crippen molar-refractivity contribution in [1.82, 2.24) is 25.0 Å². The number of pyridine rings is 1. The number of hydrogen-bond acceptors (Lipinski definition) is 4. The summed E-state index contributed by atoms with van der Waals surface area (Å²) in [6.45, 7) is 6.81. The van der Waals surface area contributed by atoms with Crippen LogP contribution in [0.5, 0.6) is 0 Å². The van der Waals surface area contributed by atoms with Crippen LogP contribution in [0.1, 0.15) is 36.7 Å². The third-order valence-electron chi connectivity index (χ3n) is 4.34. The van der Waals surface area contributed by atoms with Crippen LogP contribution in [0.15, 0.2) is 30.6 Å². The number of carbonyl (C=O) groups is 1. The second-order valence-electron chi connectivity index (χ2n) is 6.29. The van der Waals surface area contributed by atoms with E-state index in [0.717, 1.165) is 37.4 Å². The third-order valence-corrected chi connectivity index (χ3v) is 4.34. The van der Waals surface area contributed by atoms with Crippen LogP contribution in [0.4, 0.5) is 0 Å². The van der Waals surface area contributed by atoms with Crippen molar-refractivity contribution in [3.8, 4) is 0 Å². The molecule has 0 bridgehead atoms. The van der Waals surface area contributed by atoms with Crippen LogP contribution in [0.2, 0.25) is 0 Å². The summed E-state index contributed by atoms with van der Waals surface area (Å²) in [4.78, 5) is 18.5. The van der Waals surface area contributed by atoms with Crippen molar-refractivity contribution in [2.75, 3.05) is 13.1 Å². The molecule has 1 N–H and O–H groups in total. The van der Waals surface area contributed by atoms with Crippen LogP contribution in [0.25, 0.3) is 0 Å². The fourth-order valence-electron chi connectivity index (χ4n) is 2.98. The number of aromatic nitrogens is 3. The Labute approximate surface area is 142 Å². The van der Waals surface area contributed by atoms with Crippen LogP contribution in [-0.4, -0.2) is 38.7 Å². The number of nitrogens with one attached hydrogen (secondary N) is 1. The highest BCUT2D eigenvalue weighted by Crippen LogP contribution is 2.14. The van der Waals surface area contributed by atoms with E-state index < -0.39 is 0 Å². The number of fused-ring (bicyclic) bond motifs is 1. The monoisotopic (exact) mass is 327 g/mol. The molecule has 1 aliphatic rings. The maximum absolute atomic E-state index is 12.0. The molecule has 0 saturated heterocycles. The third kappa shape index (κ3) is 4.41. The minimum absolute atomic E-state index is 0.0109. The van der Waals surface area contributed by atoms with Crippen molar-refractivity contribution in [2.24, 2.45) is 0 Å². The second-order valence-corrected chi connectivity index (χ2v) is 6.29. The number of amides is 1. The van der Waals surface area contributed by atoms with Gasteiger partial charge in [-0.2, -0.15) is 5.10 Å². The van der Waals surface area contributed by atoms with Crippen LogP contribution in [0, 0.1) is 0 Å². The molecular weight excluding hydrogens is 302 g/mol. The molecule has 0 atom stereocenters. The normalized spacial score (nSPS) is 14.4. The summed E-state index contributed by atoms with van der Waals surface area (Å²) >= 11 is 0. The summed E-state index contributed by atoms with van der Waals surface area (Å²) in [5.74, 6) is 0.0109. The summed E-state index contributed by atoms with van der Waals surface area (Å²) in [7, 11) is 0. The summed E-state index contributed by atoms with van der Waals surface area (Å²) in [6, 6.07) is 5.84. The molecule has 0 unspecified atom stereocenters. The molecule has 1 amide bonds. The zero-order valence-corrected chi connectivity index (χ0v) is 14.2. The first-order valence-electron chi connectivity index (χ1n) is 8.68. The van der Waals surface area contributed by atoms with E-state index in [1.165, 1.54) is 18.5 Å². The van der Waals surface area contributed by atoms with Crippen molar-refractivity contribution in [2.45, 2.75) is 45.8 Å². The molecule has 128 valence electrons. The first kappa shape index (κ1) is 16.6. The highest BCUT2D eigenvalue weighted by atomic mass is 16.1. The summed E-state index contributed by atoms with van der Waals surface area (Å²) in [6.07, 6.45) is 6.25. The van der Waals surface area contributed by atoms with Gasteiger partial charge in [-0.25, -0.2) is 0 Å². The topological polar surface area (TPSA) is 63.1 Å². The van der Waals surface area contributed by atoms with Gasteiger partial charge in [0.1, 0.15) is 0 Å². The van der Waals surface area contributed by atoms with E-state index in [2.05, 4.69) is 38.0 Å². The zero-order chi connectivity index (χ0) is 16.8. The van der Waals surface area contributed by atoms with Crippen molar-refractivity contribution < 1.29 is 4.79 Å². The van der Waals surface area contributed by atoms with E-state index in [0.29, 0.717) is 13.0 Å². The number of hydrogen-bond donors (Lipinski definition) is 1. The Morgan fingerprint density at radius 1 is 1.29 bits per heavy atom. The molecule has 2 aromatic rings. The van der Waals surface area contributed by atoms with E-state index in [1.807, 2.05) is 12.1 Å². The lowest BCUT2D eigenvalue weighted by Crippen LogP contribution is -2.34. The Balaban J connectivity index is 1.50. The van der Waals surface area contributed by atoms with Crippen LogP contribution in [-0.2, 0) is 30.8 Å². The van der Waals surface area contributed by atoms with Crippen LogP contribution >= 0.6 is 0 Å². The van der Waals surface area contributed by atoms with E-state index in [9.17, 15) is 4.79 Å². The van der Waals surface area contributed by atoms with Gasteiger partial charge in [0.25, 0.3) is 0 Å². The van der Waals surface area contributed by atoms with Gasteiger partial charge >= 0.3 is 0 Å². The Morgan fingerprint density at radius 3 is 2.92 bits per heavy atom. The van der Waals surface area contributed by atoms with Gasteiger partial charge in [-0.3, -0.25) is 19.4 Å². The quantitative estimate of drug-likeness (QED) is 0.841. The predicted molar refractivity (Wildman–Crippen MR) is 92.2 cm³/mol. The van der Waals surface area contributed by atoms with Crippen molar-refractivity contribution in [3.63, 3.8) is 0 Å². The second kappa shape index (κ2) is 8.06. The van der Waals surface area contributed by atoms with Gasteiger partial charge in [0.15, 0.2) is 0 Å². The summed E-state index contributed by atoms with van der Waals surface area (Å²) in [5, 5.41) is 7.56. The highest BCUT2D eigenvalue weighted by molar-refractivity contribution is 5.78. The molecule has 0 aliphatic carbocycles. The largest absolute Gasteiger partial charge is 0.350 e. The van der Waals surface area contributed by atoms with E-state index in [-0.39, 0.29) is 5.91 Å². The molecule has 0 aromatic carbocycles. The van der Waals surface area contributed by atoms with E-state index in [1.54, 1.807) is 12.4 Å². The molecule has 24 heavy (non-hydrogen) atoms. The number of carbonyl (C=O) groups excluding carboxylic acids is 1. The molecule has 0 radical (unpaired) electrons. The van der Waals surface area contributed by atoms with E-state index >= 15 is 0 Å². The molecule has 2 aromatic heterocycles. The standard InChI is InChI=1S/C18H25N5O/c1-2-3-8-22-9-10-23-17(14-22)12-16(21-23)13-20-18(24)11-15-4-6-19-7-5-15/h4-7,12H,2-3,8-11,13-14H2,1H3,(H,20,24). The molecule has 3 heterocycles. The van der Waals surface area contributed by atoms with Crippen LogP contribution < -0.4 is 5.32 Å². The molecule has 3 rings (SSSR count). The number of rotatable bonds is 7. The first-order chi connectivity index (χ1) is 11.7. The molecule has 0 saturated carbocycles. The van der Waals surface area contributed by atoms with Gasteiger partial charge in [-0.15, -0.1) is 0 Å². The lowest BCUT2D eigenvalue weighted by molar-refractivity contribution is -0.120. The fourth-order valence-corrected chi connectivity index (χ4v) is 2.98. The maximum Gasteiger partial charge on any atom is 0.224 e. The predicted octanol–water partition coefficient (Wildman–Crippen LogP) is 1.75. The van der Waals surface area contributed by atoms with Crippen molar-refractivity contribution in [1.29, 1.82) is 0 Å². The highest BCUT2D eigenvalue weighted by Gasteiger charge is 2.18. The van der Waals surface area contributed by atoms with Gasteiger partial charge in [-0.05, 0) is 36.7 Å². The molecule has 0 fully saturated rings. The van der Waals surface area contributed by atoms with Gasteiger partial charge in [0.05, 0.1) is 30.9 Å². The lowest BCUT2D eigenvalue weighted by atomic mass is 10.2. The Kier molecular flexibility index (Phi) is 5.59. The van der Waals surface area contributed by atoms with Gasteiger partial charge in [0.2, 0.25) is 5.91 Å². The smallest absolute Gasteiger partial charge is 0.224 e. The van der Waals surface area contributed by atoms with E-state index in [4.69, 9.17) is 0 Å². The fraction of sp³-hybridized carbons (Fsp3) is 0.500. The van der Waals surface area contributed by atoms with Crippen LogP contribution in [0.3, 0.4) is 0 Å². The number of nitrogens with zero attached hydrogens (tertiary/aromatic N) is 4. The molecular formula is C18H25N5O. The molecule has 0 spiro atoms. The summed E-state index contributed by atoms with van der Waals surface area (Å²) < 4.78 is 2.08. The SMILES string of the molecule is CCCCN1CCn2nc(CNC(=O)Cc3ccncc3)cc2C1. The first-order valence-corrected chi connectivity index (χ1v) is 8.68. The maximum atomic E-state index is 12.0. The Morgan fingerprint density at radius 2 is 2.12 bits per heavy atom. The average Bonchev–Trinajstić information content (AvgIpc) is 3.01. The number of unbranched alkanes of at least 4 members (excludes halogenated alkanes) is 1. The van der Waals surface area contributed by atoms with Gasteiger partial charge in [0, 0.05) is 25.5 Å².